The number of carbonyl (C=O) groups excluding carboxylic acids is 1. The summed E-state index contributed by atoms with van der Waals surface area (Å²) in [5.74, 6) is -0.769. The van der Waals surface area contributed by atoms with Gasteiger partial charge in [-0.05, 0) is 30.0 Å². The van der Waals surface area contributed by atoms with Crippen molar-refractivity contribution in [2.24, 2.45) is 0 Å². The fourth-order valence-electron chi connectivity index (χ4n) is 1.47. The molecule has 1 aromatic rings. The predicted molar refractivity (Wildman–Crippen MR) is 58.4 cm³/mol. The summed E-state index contributed by atoms with van der Waals surface area (Å²) in [6, 6.07) is 7.29. The van der Waals surface area contributed by atoms with Gasteiger partial charge in [0.2, 0.25) is 0 Å². The highest BCUT2D eigenvalue weighted by molar-refractivity contribution is 6.25. The van der Waals surface area contributed by atoms with Crippen LogP contribution in [0.1, 0.15) is 24.0 Å². The number of alkyl halides is 1. The van der Waals surface area contributed by atoms with Gasteiger partial charge in [-0.25, -0.2) is 4.39 Å². The van der Waals surface area contributed by atoms with E-state index in [0.29, 0.717) is 5.56 Å². The third-order valence-corrected chi connectivity index (χ3v) is 3.13. The number of halogens is 2. The second-order valence-electron chi connectivity index (χ2n) is 3.73. The Bertz CT molecular complexity index is 404. The van der Waals surface area contributed by atoms with E-state index in [0.717, 1.165) is 18.4 Å². The molecule has 1 nitrogen and oxygen atoms in total. The molecule has 15 heavy (non-hydrogen) atoms. The Hall–Kier alpha value is -1.15. The van der Waals surface area contributed by atoms with Crippen molar-refractivity contribution in [2.75, 3.05) is 0 Å². The molecule has 0 bridgehead atoms. The zero-order valence-corrected chi connectivity index (χ0v) is 8.80. The standard InChI is InChI=1S/C12H10ClFO/c13-12(5-6-12)10-3-1-9(2-4-10)7-11(14)8-15/h1-4,7-8H,5-6H2. The first-order valence-electron chi connectivity index (χ1n) is 4.76. The number of hydrogen-bond donors (Lipinski definition) is 0. The smallest absolute Gasteiger partial charge is 0.178 e. The average molecular weight is 225 g/mol. The minimum atomic E-state index is -0.769. The van der Waals surface area contributed by atoms with Gasteiger partial charge >= 0.3 is 0 Å². The highest BCUT2D eigenvalue weighted by Crippen LogP contribution is 2.51. The summed E-state index contributed by atoms with van der Waals surface area (Å²) < 4.78 is 12.6. The van der Waals surface area contributed by atoms with Crippen LogP contribution in [0.25, 0.3) is 6.08 Å². The van der Waals surface area contributed by atoms with Crippen molar-refractivity contribution in [1.82, 2.24) is 0 Å². The van der Waals surface area contributed by atoms with Gasteiger partial charge < -0.3 is 0 Å². The molecule has 1 fully saturated rings. The zero-order valence-electron chi connectivity index (χ0n) is 8.04. The van der Waals surface area contributed by atoms with Crippen LogP contribution < -0.4 is 0 Å². The van der Waals surface area contributed by atoms with Crippen molar-refractivity contribution in [3.8, 4) is 0 Å². The topological polar surface area (TPSA) is 17.1 Å². The largest absolute Gasteiger partial charge is 0.295 e. The van der Waals surface area contributed by atoms with Crippen molar-refractivity contribution in [3.05, 3.63) is 41.2 Å². The maximum absolute atomic E-state index is 12.6. The first kappa shape index (κ1) is 10.4. The monoisotopic (exact) mass is 224 g/mol. The summed E-state index contributed by atoms with van der Waals surface area (Å²) in [7, 11) is 0. The van der Waals surface area contributed by atoms with Crippen LogP contribution in [0.3, 0.4) is 0 Å². The number of carbonyl (C=O) groups is 1. The average Bonchev–Trinajstić information content (AvgIpc) is 2.98. The van der Waals surface area contributed by atoms with Crippen LogP contribution in [0.15, 0.2) is 30.1 Å². The molecule has 0 heterocycles. The molecule has 1 aliphatic rings. The minimum absolute atomic E-state index is 0.189. The maximum Gasteiger partial charge on any atom is 0.178 e. The predicted octanol–water partition coefficient (Wildman–Crippen LogP) is 3.42. The Balaban J connectivity index is 2.21. The Morgan fingerprint density at radius 2 is 1.93 bits per heavy atom. The molecule has 0 saturated heterocycles. The molecule has 0 N–H and O–H groups in total. The van der Waals surface area contributed by atoms with E-state index in [1.54, 1.807) is 12.1 Å². The van der Waals surface area contributed by atoms with Crippen LogP contribution in [-0.4, -0.2) is 6.29 Å². The lowest BCUT2D eigenvalue weighted by Gasteiger charge is -2.05. The van der Waals surface area contributed by atoms with Gasteiger partial charge in [-0.2, -0.15) is 0 Å². The summed E-state index contributed by atoms with van der Waals surface area (Å²) in [4.78, 5) is 9.89. The van der Waals surface area contributed by atoms with Crippen LogP contribution in [0.4, 0.5) is 4.39 Å². The molecular formula is C12H10ClFO. The van der Waals surface area contributed by atoms with Crippen LogP contribution >= 0.6 is 11.6 Å². The normalized spacial score (nSPS) is 18.7. The summed E-state index contributed by atoms with van der Waals surface area (Å²) in [5, 5.41) is 0. The summed E-state index contributed by atoms with van der Waals surface area (Å²) in [6.45, 7) is 0. The minimum Gasteiger partial charge on any atom is -0.295 e. The molecule has 3 heteroatoms. The van der Waals surface area contributed by atoms with Gasteiger partial charge in [0.1, 0.15) is 0 Å². The molecule has 0 radical (unpaired) electrons. The molecule has 1 saturated carbocycles. The van der Waals surface area contributed by atoms with E-state index in [2.05, 4.69) is 0 Å². The third kappa shape index (κ3) is 2.26. The van der Waals surface area contributed by atoms with Crippen LogP contribution in [0, 0.1) is 0 Å². The maximum atomic E-state index is 12.6. The first-order valence-corrected chi connectivity index (χ1v) is 5.14. The molecule has 1 aromatic carbocycles. The molecule has 78 valence electrons. The second kappa shape index (κ2) is 3.78. The van der Waals surface area contributed by atoms with Crippen molar-refractivity contribution < 1.29 is 9.18 Å². The highest BCUT2D eigenvalue weighted by atomic mass is 35.5. The molecule has 0 atom stereocenters. The number of allylic oxidation sites excluding steroid dienone is 1. The number of hydrogen-bond acceptors (Lipinski definition) is 1. The molecule has 0 aliphatic heterocycles. The van der Waals surface area contributed by atoms with Crippen LogP contribution in [0.2, 0.25) is 0 Å². The summed E-state index contributed by atoms with van der Waals surface area (Å²) >= 11 is 6.21. The highest BCUT2D eigenvalue weighted by Gasteiger charge is 2.41. The molecule has 0 aromatic heterocycles. The van der Waals surface area contributed by atoms with Crippen molar-refractivity contribution in [1.29, 1.82) is 0 Å². The van der Waals surface area contributed by atoms with Crippen molar-refractivity contribution >= 4 is 24.0 Å². The van der Waals surface area contributed by atoms with Gasteiger partial charge in [0, 0.05) is 0 Å². The first-order chi connectivity index (χ1) is 7.14. The summed E-state index contributed by atoms with van der Waals surface area (Å²) in [5.41, 5.74) is 1.73. The lowest BCUT2D eigenvalue weighted by molar-refractivity contribution is -0.106. The molecule has 1 aliphatic carbocycles. The van der Waals surface area contributed by atoms with Crippen LogP contribution in [-0.2, 0) is 9.67 Å². The number of rotatable bonds is 3. The Morgan fingerprint density at radius 3 is 2.40 bits per heavy atom. The van der Waals surface area contributed by atoms with E-state index in [9.17, 15) is 9.18 Å². The van der Waals surface area contributed by atoms with Gasteiger partial charge in [0.15, 0.2) is 12.1 Å². The molecule has 0 unspecified atom stereocenters. The van der Waals surface area contributed by atoms with E-state index in [-0.39, 0.29) is 11.2 Å². The fourth-order valence-corrected chi connectivity index (χ4v) is 1.69. The van der Waals surface area contributed by atoms with Gasteiger partial charge in [-0.1, -0.05) is 24.3 Å². The van der Waals surface area contributed by atoms with E-state index in [1.165, 1.54) is 6.08 Å². The van der Waals surface area contributed by atoms with E-state index < -0.39 is 5.83 Å². The Kier molecular flexibility index (Phi) is 2.61. The zero-order chi connectivity index (χ0) is 10.9. The summed E-state index contributed by atoms with van der Waals surface area (Å²) in [6.07, 6.45) is 3.38. The quantitative estimate of drug-likeness (QED) is 0.437. The number of aldehydes is 1. The van der Waals surface area contributed by atoms with Gasteiger partial charge in [0.05, 0.1) is 4.87 Å². The molecule has 0 spiro atoms. The van der Waals surface area contributed by atoms with Crippen molar-refractivity contribution in [3.63, 3.8) is 0 Å². The lowest BCUT2D eigenvalue weighted by Crippen LogP contribution is -1.94. The Morgan fingerprint density at radius 1 is 1.33 bits per heavy atom. The molecule has 2 rings (SSSR count). The SMILES string of the molecule is O=CC(F)=Cc1ccc(C2(Cl)CC2)cc1. The lowest BCUT2D eigenvalue weighted by atomic mass is 10.1. The second-order valence-corrected chi connectivity index (χ2v) is 4.46. The van der Waals surface area contributed by atoms with E-state index in [4.69, 9.17) is 11.6 Å². The van der Waals surface area contributed by atoms with Crippen molar-refractivity contribution in [2.45, 2.75) is 17.7 Å². The Labute approximate surface area is 92.6 Å². The van der Waals surface area contributed by atoms with Gasteiger partial charge in [-0.3, -0.25) is 4.79 Å². The van der Waals surface area contributed by atoms with Gasteiger partial charge in [-0.15, -0.1) is 11.6 Å². The van der Waals surface area contributed by atoms with E-state index >= 15 is 0 Å². The molecular weight excluding hydrogens is 215 g/mol. The van der Waals surface area contributed by atoms with Crippen LogP contribution in [0.5, 0.6) is 0 Å². The van der Waals surface area contributed by atoms with Gasteiger partial charge in [0.25, 0.3) is 0 Å². The molecule has 0 amide bonds. The van der Waals surface area contributed by atoms with E-state index in [1.807, 2.05) is 12.1 Å². The fraction of sp³-hybridized carbons (Fsp3) is 0.250. The number of benzene rings is 1. The third-order valence-electron chi connectivity index (χ3n) is 2.53.